The Labute approximate surface area is 160 Å². The minimum atomic E-state index is -0.0871. The fourth-order valence-corrected chi connectivity index (χ4v) is 4.55. The zero-order valence-electron chi connectivity index (χ0n) is 15.3. The minimum absolute atomic E-state index is 0. The van der Waals surface area contributed by atoms with Crippen molar-refractivity contribution in [2.45, 2.75) is 50.7 Å². The Hall–Kier alpha value is -1.79. The van der Waals surface area contributed by atoms with Crippen LogP contribution in [0.2, 0.25) is 0 Å². The Morgan fingerprint density at radius 1 is 1.23 bits per heavy atom. The molecule has 3 amide bonds. The molecule has 0 saturated carbocycles. The molecule has 6 nitrogen and oxygen atoms in total. The topological polar surface area (TPSA) is 64.7 Å². The zero-order valence-corrected chi connectivity index (χ0v) is 16.1. The Morgan fingerprint density at radius 3 is 2.54 bits per heavy atom. The molecule has 0 radical (unpaired) electrons. The van der Waals surface area contributed by atoms with E-state index in [4.69, 9.17) is 0 Å². The van der Waals surface area contributed by atoms with Gasteiger partial charge in [-0.3, -0.25) is 9.69 Å². The third kappa shape index (κ3) is 3.28. The third-order valence-corrected chi connectivity index (χ3v) is 6.00. The summed E-state index contributed by atoms with van der Waals surface area (Å²) in [7, 11) is 1.92. The van der Waals surface area contributed by atoms with Crippen molar-refractivity contribution in [3.8, 4) is 0 Å². The molecule has 0 aliphatic carbocycles. The second-order valence-electron chi connectivity index (χ2n) is 7.51. The molecule has 1 aromatic carbocycles. The van der Waals surface area contributed by atoms with Crippen molar-refractivity contribution in [3.63, 3.8) is 0 Å². The summed E-state index contributed by atoms with van der Waals surface area (Å²) in [5, 5.41) is 6.45. The second-order valence-corrected chi connectivity index (χ2v) is 7.51. The molecule has 26 heavy (non-hydrogen) atoms. The van der Waals surface area contributed by atoms with E-state index in [2.05, 4.69) is 10.6 Å². The number of nitrogens with zero attached hydrogens (tertiary/aromatic N) is 2. The van der Waals surface area contributed by atoms with E-state index in [-0.39, 0.29) is 24.3 Å². The van der Waals surface area contributed by atoms with Gasteiger partial charge in [-0.15, -0.1) is 12.4 Å². The molecule has 3 heterocycles. The quantitative estimate of drug-likeness (QED) is 0.848. The van der Waals surface area contributed by atoms with Gasteiger partial charge in [0.05, 0.1) is 0 Å². The molecule has 2 atom stereocenters. The predicted molar refractivity (Wildman–Crippen MR) is 104 cm³/mol. The van der Waals surface area contributed by atoms with Crippen molar-refractivity contribution in [2.24, 2.45) is 0 Å². The van der Waals surface area contributed by atoms with Crippen LogP contribution in [0.15, 0.2) is 18.2 Å². The highest BCUT2D eigenvalue weighted by molar-refractivity contribution is 6.00. The van der Waals surface area contributed by atoms with Crippen LogP contribution in [0.1, 0.15) is 41.6 Å². The van der Waals surface area contributed by atoms with E-state index in [1.165, 1.54) is 12.8 Å². The van der Waals surface area contributed by atoms with E-state index in [0.29, 0.717) is 36.8 Å². The first kappa shape index (κ1) is 19.0. The number of benzene rings is 1. The number of amides is 3. The van der Waals surface area contributed by atoms with Crippen molar-refractivity contribution >= 4 is 30.0 Å². The monoisotopic (exact) mass is 378 g/mol. The van der Waals surface area contributed by atoms with Crippen LogP contribution >= 0.6 is 12.4 Å². The van der Waals surface area contributed by atoms with Crippen LogP contribution in [0, 0.1) is 6.92 Å². The van der Waals surface area contributed by atoms with Gasteiger partial charge >= 0.3 is 6.03 Å². The maximum atomic E-state index is 13.1. The fourth-order valence-electron chi connectivity index (χ4n) is 4.55. The molecular formula is C19H27ClN4O2. The Kier molecular flexibility index (Phi) is 5.44. The normalized spacial score (nSPS) is 27.1. The highest BCUT2D eigenvalue weighted by Gasteiger charge is 2.37. The molecule has 2 unspecified atom stereocenters. The largest absolute Gasteiger partial charge is 0.339 e. The molecule has 2 bridgehead atoms. The SMILES string of the molecule is Cc1c(C(=O)N(C)C2CC3CCC(C2)N3)cccc1N1CCNC1=O.Cl. The van der Waals surface area contributed by atoms with Gasteiger partial charge in [0, 0.05) is 49.5 Å². The fraction of sp³-hybridized carbons (Fsp3) is 0.579. The molecule has 4 rings (SSSR count). The van der Waals surface area contributed by atoms with E-state index < -0.39 is 0 Å². The first-order chi connectivity index (χ1) is 12.0. The number of anilines is 1. The summed E-state index contributed by atoms with van der Waals surface area (Å²) in [6, 6.07) is 6.99. The van der Waals surface area contributed by atoms with Gasteiger partial charge in [0.25, 0.3) is 5.91 Å². The van der Waals surface area contributed by atoms with E-state index in [9.17, 15) is 9.59 Å². The number of piperidine rings is 1. The maximum Gasteiger partial charge on any atom is 0.322 e. The van der Waals surface area contributed by atoms with Crippen molar-refractivity contribution in [2.75, 3.05) is 25.0 Å². The van der Waals surface area contributed by atoms with Gasteiger partial charge in [-0.25, -0.2) is 4.79 Å². The number of hydrogen-bond donors (Lipinski definition) is 2. The summed E-state index contributed by atoms with van der Waals surface area (Å²) in [6.45, 7) is 3.23. The smallest absolute Gasteiger partial charge is 0.322 e. The summed E-state index contributed by atoms with van der Waals surface area (Å²) in [5.41, 5.74) is 2.42. The van der Waals surface area contributed by atoms with E-state index in [1.54, 1.807) is 4.90 Å². The number of urea groups is 1. The lowest BCUT2D eigenvalue weighted by atomic mass is 9.97. The second kappa shape index (κ2) is 7.45. The van der Waals surface area contributed by atoms with Gasteiger partial charge in [-0.2, -0.15) is 0 Å². The predicted octanol–water partition coefficient (Wildman–Crippen LogP) is 2.30. The lowest BCUT2D eigenvalue weighted by Gasteiger charge is -2.36. The molecule has 2 N–H and O–H groups in total. The molecule has 0 spiro atoms. The van der Waals surface area contributed by atoms with Crippen molar-refractivity contribution < 1.29 is 9.59 Å². The first-order valence-corrected chi connectivity index (χ1v) is 9.23. The van der Waals surface area contributed by atoms with Crippen LogP contribution in [0.4, 0.5) is 10.5 Å². The van der Waals surface area contributed by atoms with Gasteiger partial charge < -0.3 is 15.5 Å². The summed E-state index contributed by atoms with van der Waals surface area (Å²) < 4.78 is 0. The summed E-state index contributed by atoms with van der Waals surface area (Å²) in [6.07, 6.45) is 4.52. The summed E-state index contributed by atoms with van der Waals surface area (Å²) in [4.78, 5) is 28.8. The molecule has 7 heteroatoms. The van der Waals surface area contributed by atoms with E-state index in [0.717, 1.165) is 24.1 Å². The molecule has 3 aliphatic rings. The lowest BCUT2D eigenvalue weighted by Crippen LogP contribution is -2.48. The molecule has 3 aliphatic heterocycles. The standard InChI is InChI=1S/C19H26N4O2.ClH/c1-12-16(4-3-5-17(12)23-9-8-20-19(23)25)18(24)22(2)15-10-13-6-7-14(11-15)21-13;/h3-5,13-15,21H,6-11H2,1-2H3,(H,20,25);1H. The van der Waals surface area contributed by atoms with Crippen LogP contribution in [0.3, 0.4) is 0 Å². The van der Waals surface area contributed by atoms with Gasteiger partial charge in [-0.1, -0.05) is 6.07 Å². The summed E-state index contributed by atoms with van der Waals surface area (Å²) >= 11 is 0. The van der Waals surface area contributed by atoms with Crippen LogP contribution in [-0.2, 0) is 0 Å². The van der Waals surface area contributed by atoms with Crippen molar-refractivity contribution in [1.29, 1.82) is 0 Å². The molecule has 0 aromatic heterocycles. The van der Waals surface area contributed by atoms with Gasteiger partial charge in [0.15, 0.2) is 0 Å². The highest BCUT2D eigenvalue weighted by Crippen LogP contribution is 2.31. The molecule has 3 fully saturated rings. The maximum absolute atomic E-state index is 13.1. The highest BCUT2D eigenvalue weighted by atomic mass is 35.5. The van der Waals surface area contributed by atoms with E-state index >= 15 is 0 Å². The average molecular weight is 379 g/mol. The molecule has 1 aromatic rings. The number of nitrogens with one attached hydrogen (secondary N) is 2. The van der Waals surface area contributed by atoms with Gasteiger partial charge in [-0.05, 0) is 50.3 Å². The molecule has 3 saturated heterocycles. The number of carbonyl (C=O) groups is 2. The molecular weight excluding hydrogens is 352 g/mol. The number of halogens is 1. The average Bonchev–Trinajstić information content (AvgIpc) is 3.18. The van der Waals surface area contributed by atoms with Crippen molar-refractivity contribution in [1.82, 2.24) is 15.5 Å². The van der Waals surface area contributed by atoms with Crippen LogP contribution < -0.4 is 15.5 Å². The molecule has 142 valence electrons. The Balaban J connectivity index is 0.00000196. The third-order valence-electron chi connectivity index (χ3n) is 6.00. The Morgan fingerprint density at radius 2 is 1.92 bits per heavy atom. The summed E-state index contributed by atoms with van der Waals surface area (Å²) in [5.74, 6) is 0.0604. The Bertz CT molecular complexity index is 699. The van der Waals surface area contributed by atoms with Gasteiger partial charge in [0.1, 0.15) is 0 Å². The van der Waals surface area contributed by atoms with Crippen LogP contribution in [0.5, 0.6) is 0 Å². The minimum Gasteiger partial charge on any atom is -0.339 e. The zero-order chi connectivity index (χ0) is 17.6. The number of hydrogen-bond acceptors (Lipinski definition) is 3. The van der Waals surface area contributed by atoms with E-state index in [1.807, 2.05) is 37.1 Å². The number of rotatable bonds is 3. The van der Waals surface area contributed by atoms with Gasteiger partial charge in [0.2, 0.25) is 0 Å². The number of fused-ring (bicyclic) bond motifs is 2. The first-order valence-electron chi connectivity index (χ1n) is 9.23. The van der Waals surface area contributed by atoms with Crippen LogP contribution in [0.25, 0.3) is 0 Å². The number of carbonyl (C=O) groups excluding carboxylic acids is 2. The lowest BCUT2D eigenvalue weighted by molar-refractivity contribution is 0.0681. The van der Waals surface area contributed by atoms with Crippen LogP contribution in [-0.4, -0.2) is 55.1 Å². The van der Waals surface area contributed by atoms with Crippen molar-refractivity contribution in [3.05, 3.63) is 29.3 Å².